The van der Waals surface area contributed by atoms with Crippen LogP contribution in [-0.4, -0.2) is 21.8 Å². The van der Waals surface area contributed by atoms with Gasteiger partial charge in [-0.25, -0.2) is 0 Å². The summed E-state index contributed by atoms with van der Waals surface area (Å²) >= 11 is 0. The van der Waals surface area contributed by atoms with Crippen LogP contribution in [-0.2, 0) is 0 Å². The Labute approximate surface area is 468 Å². The molecule has 0 aliphatic heterocycles. The molecule has 0 fully saturated rings. The van der Waals surface area contributed by atoms with E-state index >= 15 is 0 Å². The molecule has 3 heterocycles. The number of hydrogen-bond donors (Lipinski definition) is 0. The van der Waals surface area contributed by atoms with Crippen molar-refractivity contribution in [1.29, 1.82) is 0 Å². The van der Waals surface area contributed by atoms with Gasteiger partial charge in [-0.3, -0.25) is 0 Å². The SMILES string of the molecule is [2H]c1c([2H])c([2H])c([Si](c2c([2H])c([2H])c([2H])c([2H])c2[2H])(c2c([2H])c([2H])c([2H])c([2H])c2[2H])c2c([2H])c([2H])c([2H])c(-n3c4c([2H])cc(-n5c6c([2H])c([2H])c([2H])c([2H])c6c6c([2H])c(-c7c([2H])c([2H])c([2H])c([2H])c7-n7c8c([2H])c([2H])c([2H])c([2H])c8c8c([2H])c([2H])c([2H])c([2H])c87)c([2H])c([2H])c65)c([2H])c4c4c([2H])c([2H])c([2H])c([2H])c43)c2[2H])c([2H])c1[2H]. The minimum Gasteiger partial charge on any atom is -0.309 e. The Morgan fingerprint density at radius 1 is 0.271 bits per heavy atom. The van der Waals surface area contributed by atoms with Crippen LogP contribution in [0.4, 0.5) is 0 Å². The summed E-state index contributed by atoms with van der Waals surface area (Å²) in [5.41, 5.74) is -10.1. The van der Waals surface area contributed by atoms with Gasteiger partial charge in [0.1, 0.15) is 0 Å². The molecule has 14 rings (SSSR count). The number of fused-ring (bicyclic) bond motifs is 9. The molecule has 14 aromatic rings. The first-order chi connectivity index (χ1) is 53.0. The molecule has 0 N–H and O–H groups in total. The molecule has 3 nitrogen and oxygen atoms in total. The van der Waals surface area contributed by atoms with Crippen LogP contribution in [0, 0.1) is 0 Å². The summed E-state index contributed by atoms with van der Waals surface area (Å²) in [5.74, 6) is 0. The Bertz CT molecular complexity index is 6640. The first kappa shape index (κ1) is 15.8. The Balaban J connectivity index is 1.19. The van der Waals surface area contributed by atoms with E-state index in [1.165, 1.54) is 0 Å². The summed E-state index contributed by atoms with van der Waals surface area (Å²) in [6.45, 7) is 0. The second-order valence-electron chi connectivity index (χ2n) is 15.1. The molecule has 0 radical (unpaired) electrons. The quantitative estimate of drug-likeness (QED) is 0.106. The lowest BCUT2D eigenvalue weighted by molar-refractivity contribution is 1.17. The molecular weight excluding hydrogens is 863 g/mol. The van der Waals surface area contributed by atoms with E-state index in [4.69, 9.17) is 28.8 Å². The van der Waals surface area contributed by atoms with Crippen LogP contribution in [0.25, 0.3) is 93.6 Å². The standard InChI is InChI=1S/C66H45N3Si/c1-4-22-49(23-5-1)70(50-24-6-2-7-25-50,51-26-8-3-9-27-51)52-28-20-21-47(44-52)67-62-36-17-14-33-57(62)59-45-48(40-42-66(59)67)68-61-35-16-13-32-56(61)58-43-46(39-41-65(58)68)53-29-10-15-34-60(53)69-63-37-18-11-30-54(63)55-31-12-19-38-64(55)69/h1-45H/i1D,2D,3D,4D,5D,6D,7D,8D,9D,10D,11D,12D,13D,14D,15D,16D,17D,18D,19D,20D,21D,22D,23D,24D,25D,26D,27D,28D,29D,30D,31D,32D,33D,34D,35D,36D,37D,38D,39D,41D,42D,43D,44D,45D. The van der Waals surface area contributed by atoms with E-state index in [2.05, 4.69) is 0 Å². The Hall–Kier alpha value is -8.96. The molecule has 0 saturated carbocycles. The fraction of sp³-hybridized carbons (Fsp3) is 0. The van der Waals surface area contributed by atoms with Gasteiger partial charge in [0, 0.05) is 49.3 Å². The molecular formula is C66H45N3Si. The molecule has 0 aliphatic rings. The molecule has 0 atom stereocenters. The highest BCUT2D eigenvalue weighted by Gasteiger charge is 2.41. The largest absolute Gasteiger partial charge is 0.309 e. The van der Waals surface area contributed by atoms with Crippen LogP contribution in [0.15, 0.2) is 272 Å². The monoisotopic (exact) mass is 952 g/mol. The third-order valence-electron chi connectivity index (χ3n) is 11.6. The van der Waals surface area contributed by atoms with Gasteiger partial charge in [0.05, 0.1) is 99.1 Å². The van der Waals surface area contributed by atoms with E-state index in [0.717, 1.165) is 0 Å². The third kappa shape index (κ3) is 6.00. The van der Waals surface area contributed by atoms with Crippen LogP contribution in [0.3, 0.4) is 0 Å². The zero-order valence-corrected chi connectivity index (χ0v) is 35.9. The molecule has 0 saturated heterocycles. The van der Waals surface area contributed by atoms with Crippen molar-refractivity contribution in [3.63, 3.8) is 0 Å². The highest BCUT2D eigenvalue weighted by Crippen LogP contribution is 2.41. The van der Waals surface area contributed by atoms with Crippen molar-refractivity contribution in [2.24, 2.45) is 0 Å². The Morgan fingerprint density at radius 2 is 0.686 bits per heavy atom. The zero-order chi connectivity index (χ0) is 84.5. The number of benzene rings is 11. The van der Waals surface area contributed by atoms with Crippen LogP contribution >= 0.6 is 0 Å². The molecule has 328 valence electrons. The fourth-order valence-electron chi connectivity index (χ4n) is 8.77. The maximum absolute atomic E-state index is 10.7. The molecule has 0 bridgehead atoms. The van der Waals surface area contributed by atoms with Crippen molar-refractivity contribution in [3.05, 3.63) is 272 Å². The summed E-state index contributed by atoms with van der Waals surface area (Å²) in [6, 6.07) is -51.6. The van der Waals surface area contributed by atoms with E-state index in [0.29, 0.717) is 19.8 Å². The number of rotatable bonds is 8. The lowest BCUT2D eigenvalue weighted by Gasteiger charge is -2.34. The number of aromatic nitrogens is 3. The molecule has 0 spiro atoms. The van der Waals surface area contributed by atoms with E-state index in [9.17, 15) is 31.5 Å². The number of para-hydroxylation sites is 5. The van der Waals surface area contributed by atoms with Crippen molar-refractivity contribution in [2.75, 3.05) is 0 Å². The smallest absolute Gasteiger partial charge is 0.179 e. The third-order valence-corrected chi connectivity index (χ3v) is 15.6. The summed E-state index contributed by atoms with van der Waals surface area (Å²) in [6.07, 6.45) is 0. The fourth-order valence-corrected chi connectivity index (χ4v) is 12.3. The van der Waals surface area contributed by atoms with Gasteiger partial charge in [0.2, 0.25) is 0 Å². The van der Waals surface area contributed by atoms with Crippen LogP contribution < -0.4 is 20.7 Å². The molecule has 0 unspecified atom stereocenters. The second-order valence-corrected chi connectivity index (χ2v) is 18.6. The molecule has 11 aromatic carbocycles. The Morgan fingerprint density at radius 3 is 1.26 bits per heavy atom. The summed E-state index contributed by atoms with van der Waals surface area (Å²) in [7, 11) is -6.67. The minimum atomic E-state index is -6.67. The maximum Gasteiger partial charge on any atom is 0.179 e. The van der Waals surface area contributed by atoms with Gasteiger partial charge in [0.25, 0.3) is 0 Å². The summed E-state index contributed by atoms with van der Waals surface area (Å²) < 4.78 is 415. The van der Waals surface area contributed by atoms with E-state index in [1.54, 1.807) is 0 Å². The van der Waals surface area contributed by atoms with Gasteiger partial charge >= 0.3 is 0 Å². The minimum absolute atomic E-state index is 0.514. The van der Waals surface area contributed by atoms with Gasteiger partial charge < -0.3 is 13.7 Å². The number of nitrogens with zero attached hydrogens (tertiary/aromatic N) is 3. The molecule has 0 aliphatic carbocycles. The van der Waals surface area contributed by atoms with Crippen LogP contribution in [0.2, 0.25) is 0 Å². The first-order valence-electron chi connectivity index (χ1n) is 42.6. The molecule has 70 heavy (non-hydrogen) atoms. The van der Waals surface area contributed by atoms with E-state index in [-0.39, 0.29) is 0 Å². The van der Waals surface area contributed by atoms with Crippen molar-refractivity contribution >= 4 is 94.2 Å². The van der Waals surface area contributed by atoms with E-state index < -0.39 is 388 Å². The predicted octanol–water partition coefficient (Wildman–Crippen LogP) is 14.0. The second kappa shape index (κ2) is 16.1. The number of hydrogen-bond acceptors (Lipinski definition) is 0. The van der Waals surface area contributed by atoms with Crippen LogP contribution in [0.1, 0.15) is 60.3 Å². The van der Waals surface area contributed by atoms with E-state index in [1.807, 2.05) is 0 Å². The zero-order valence-electron chi connectivity index (χ0n) is 78.9. The lowest BCUT2D eigenvalue weighted by Crippen LogP contribution is -2.74. The average Bonchev–Trinajstić information content (AvgIpc) is 1.31. The van der Waals surface area contributed by atoms with Crippen LogP contribution in [0.5, 0.6) is 0 Å². The topological polar surface area (TPSA) is 14.8 Å². The van der Waals surface area contributed by atoms with Crippen molar-refractivity contribution < 1.29 is 60.3 Å². The van der Waals surface area contributed by atoms with Gasteiger partial charge in [-0.1, -0.05) is 199 Å². The Kier molecular flexibility index (Phi) is 3.63. The van der Waals surface area contributed by atoms with Crippen molar-refractivity contribution in [2.45, 2.75) is 0 Å². The molecule has 0 amide bonds. The summed E-state index contributed by atoms with van der Waals surface area (Å²) in [4.78, 5) is 0. The maximum atomic E-state index is 10.7. The molecule has 4 heteroatoms. The highest BCUT2D eigenvalue weighted by molar-refractivity contribution is 7.19. The van der Waals surface area contributed by atoms with Crippen molar-refractivity contribution in [3.8, 4) is 28.2 Å². The summed E-state index contributed by atoms with van der Waals surface area (Å²) in [5, 5.41) is -9.72. The predicted molar refractivity (Wildman–Crippen MR) is 299 cm³/mol. The van der Waals surface area contributed by atoms with Crippen molar-refractivity contribution in [1.82, 2.24) is 13.7 Å². The normalized spacial score (nSPS) is 20.8. The van der Waals surface area contributed by atoms with Gasteiger partial charge in [-0.05, 0) is 98.8 Å². The molecule has 3 aromatic heterocycles. The average molecular weight is 952 g/mol. The first-order valence-corrected chi connectivity index (χ1v) is 22.6. The van der Waals surface area contributed by atoms with Gasteiger partial charge in [-0.2, -0.15) is 0 Å². The van der Waals surface area contributed by atoms with Gasteiger partial charge in [-0.15, -0.1) is 0 Å². The lowest BCUT2D eigenvalue weighted by atomic mass is 10.0. The van der Waals surface area contributed by atoms with Gasteiger partial charge in [0.15, 0.2) is 8.07 Å². The highest BCUT2D eigenvalue weighted by atomic mass is 28.3.